The molecule has 2 heterocycles. The van der Waals surface area contributed by atoms with Gasteiger partial charge in [-0.05, 0) is 13.8 Å². The summed E-state index contributed by atoms with van der Waals surface area (Å²) in [6.45, 7) is 3.09. The molecule has 7 heteroatoms. The first-order valence-corrected chi connectivity index (χ1v) is 5.74. The van der Waals surface area contributed by atoms with Crippen LogP contribution in [-0.2, 0) is 4.74 Å². The lowest BCUT2D eigenvalue weighted by Crippen LogP contribution is -2.34. The molecule has 3 N–H and O–H groups in total. The van der Waals surface area contributed by atoms with Crippen LogP contribution in [0.3, 0.4) is 0 Å². The van der Waals surface area contributed by atoms with E-state index >= 15 is 0 Å². The molecule has 1 aliphatic rings. The van der Waals surface area contributed by atoms with Gasteiger partial charge in [0, 0.05) is 18.2 Å². The van der Waals surface area contributed by atoms with E-state index in [1.54, 1.807) is 6.92 Å². The Morgan fingerprint density at radius 1 is 1.56 bits per heavy atom. The minimum absolute atomic E-state index is 0.195. The second-order valence-electron chi connectivity index (χ2n) is 4.58. The number of hydrogen-bond acceptors (Lipinski definition) is 5. The summed E-state index contributed by atoms with van der Waals surface area (Å²) >= 11 is 0. The molecule has 7 nitrogen and oxygen atoms in total. The summed E-state index contributed by atoms with van der Waals surface area (Å²) in [5.41, 5.74) is -0.649. The molecular formula is C11H16N2O5. The number of aliphatic hydroxyl groups excluding tert-OH is 2. The van der Waals surface area contributed by atoms with Crippen LogP contribution >= 0.6 is 0 Å². The fraction of sp³-hybridized carbons (Fsp3) is 0.636. The number of aryl methyl sites for hydroxylation is 1. The molecule has 4 atom stereocenters. The summed E-state index contributed by atoms with van der Waals surface area (Å²) in [5.74, 6) is 0. The van der Waals surface area contributed by atoms with Crippen molar-refractivity contribution in [3.8, 4) is 0 Å². The fourth-order valence-electron chi connectivity index (χ4n) is 2.08. The van der Waals surface area contributed by atoms with Gasteiger partial charge in [0.1, 0.15) is 12.3 Å². The first kappa shape index (κ1) is 13.0. The third kappa shape index (κ3) is 2.24. The van der Waals surface area contributed by atoms with E-state index in [0.29, 0.717) is 5.56 Å². The van der Waals surface area contributed by atoms with Gasteiger partial charge in [0.2, 0.25) is 0 Å². The molecule has 0 bridgehead atoms. The third-order valence-corrected chi connectivity index (χ3v) is 3.07. The van der Waals surface area contributed by atoms with Crippen LogP contribution in [0.1, 0.15) is 25.1 Å². The number of aliphatic hydroxyl groups is 2. The smallest absolute Gasteiger partial charge is 0.330 e. The molecule has 0 saturated carbocycles. The number of aromatic nitrogens is 2. The quantitative estimate of drug-likeness (QED) is 0.621. The molecule has 1 saturated heterocycles. The van der Waals surface area contributed by atoms with Crippen LogP contribution in [-0.4, -0.2) is 38.1 Å². The van der Waals surface area contributed by atoms with Crippen molar-refractivity contribution in [2.24, 2.45) is 0 Å². The average Bonchev–Trinajstić information content (AvgIpc) is 2.65. The molecule has 1 aromatic rings. The highest BCUT2D eigenvalue weighted by Crippen LogP contribution is 2.29. The second-order valence-corrected chi connectivity index (χ2v) is 4.58. The Morgan fingerprint density at radius 2 is 2.22 bits per heavy atom. The summed E-state index contributed by atoms with van der Waals surface area (Å²) in [5, 5.41) is 19.2. The van der Waals surface area contributed by atoms with Gasteiger partial charge in [-0.25, -0.2) is 4.79 Å². The standard InChI is InChI=1S/C11H16N2O5/c1-5-4-13(11(17)12-10(5)16)8-3-7(15)9(18-8)6(2)14/h4,6-9,14-15H,3H2,1-2H3,(H,12,16,17)/t6-,7+,8-,9-/m1/s1. The minimum atomic E-state index is -0.839. The molecule has 2 rings (SSSR count). The molecule has 0 amide bonds. The normalized spacial score (nSPS) is 29.4. The Balaban J connectivity index is 2.32. The summed E-state index contributed by atoms with van der Waals surface area (Å²) in [7, 11) is 0. The Morgan fingerprint density at radius 3 is 2.78 bits per heavy atom. The van der Waals surface area contributed by atoms with E-state index < -0.39 is 35.8 Å². The maximum atomic E-state index is 11.6. The number of nitrogens with one attached hydrogen (secondary N) is 1. The van der Waals surface area contributed by atoms with E-state index in [1.165, 1.54) is 17.7 Å². The van der Waals surface area contributed by atoms with Crippen LogP contribution in [0.25, 0.3) is 0 Å². The number of H-pyrrole nitrogens is 1. The number of nitrogens with zero attached hydrogens (tertiary/aromatic N) is 1. The molecule has 0 spiro atoms. The van der Waals surface area contributed by atoms with Gasteiger partial charge in [0.15, 0.2) is 0 Å². The van der Waals surface area contributed by atoms with Crippen LogP contribution in [0.4, 0.5) is 0 Å². The molecule has 1 aliphatic heterocycles. The lowest BCUT2D eigenvalue weighted by Gasteiger charge is -2.18. The third-order valence-electron chi connectivity index (χ3n) is 3.07. The van der Waals surface area contributed by atoms with E-state index in [1.807, 2.05) is 0 Å². The number of ether oxygens (including phenoxy) is 1. The van der Waals surface area contributed by atoms with Crippen molar-refractivity contribution in [2.45, 2.75) is 44.8 Å². The van der Waals surface area contributed by atoms with Crippen molar-refractivity contribution in [1.82, 2.24) is 9.55 Å². The van der Waals surface area contributed by atoms with Gasteiger partial charge in [0.05, 0.1) is 12.2 Å². The molecule has 0 aromatic carbocycles. The predicted molar refractivity (Wildman–Crippen MR) is 62.3 cm³/mol. The highest BCUT2D eigenvalue weighted by Gasteiger charge is 2.38. The monoisotopic (exact) mass is 256 g/mol. The lowest BCUT2D eigenvalue weighted by atomic mass is 10.1. The highest BCUT2D eigenvalue weighted by molar-refractivity contribution is 5.02. The Bertz CT molecular complexity index is 547. The van der Waals surface area contributed by atoms with Gasteiger partial charge in [0.25, 0.3) is 5.56 Å². The van der Waals surface area contributed by atoms with Crippen LogP contribution in [0.5, 0.6) is 0 Å². The van der Waals surface area contributed by atoms with Gasteiger partial charge in [-0.1, -0.05) is 0 Å². The molecule has 1 fully saturated rings. The first-order chi connectivity index (χ1) is 8.40. The van der Waals surface area contributed by atoms with Gasteiger partial charge in [-0.15, -0.1) is 0 Å². The van der Waals surface area contributed by atoms with Gasteiger partial charge < -0.3 is 14.9 Å². The maximum Gasteiger partial charge on any atom is 0.330 e. The summed E-state index contributed by atoms with van der Waals surface area (Å²) in [4.78, 5) is 25.1. The largest absolute Gasteiger partial charge is 0.391 e. The van der Waals surface area contributed by atoms with Gasteiger partial charge in [-0.2, -0.15) is 0 Å². The van der Waals surface area contributed by atoms with Crippen molar-refractivity contribution in [3.05, 3.63) is 32.6 Å². The fourth-order valence-corrected chi connectivity index (χ4v) is 2.08. The van der Waals surface area contributed by atoms with Gasteiger partial charge >= 0.3 is 5.69 Å². The maximum absolute atomic E-state index is 11.6. The SMILES string of the molecule is Cc1cn([C@H]2C[C@H](O)[C@@H]([C@@H](C)O)O2)c(=O)[nH]c1=O. The molecule has 18 heavy (non-hydrogen) atoms. The Labute approximate surface area is 103 Å². The lowest BCUT2D eigenvalue weighted by molar-refractivity contribution is -0.0771. The molecule has 0 aliphatic carbocycles. The summed E-state index contributed by atoms with van der Waals surface area (Å²) in [6, 6.07) is 0. The zero-order valence-corrected chi connectivity index (χ0v) is 10.2. The van der Waals surface area contributed by atoms with E-state index in [4.69, 9.17) is 4.74 Å². The summed E-state index contributed by atoms with van der Waals surface area (Å²) < 4.78 is 6.66. The topological polar surface area (TPSA) is 105 Å². The minimum Gasteiger partial charge on any atom is -0.391 e. The number of rotatable bonds is 2. The first-order valence-electron chi connectivity index (χ1n) is 5.74. The Hall–Kier alpha value is -1.44. The van der Waals surface area contributed by atoms with E-state index in [2.05, 4.69) is 4.98 Å². The predicted octanol–water partition coefficient (Wildman–Crippen LogP) is -1.13. The molecule has 0 radical (unpaired) electrons. The highest BCUT2D eigenvalue weighted by atomic mass is 16.5. The summed E-state index contributed by atoms with van der Waals surface area (Å²) in [6.07, 6.45) is -1.49. The average molecular weight is 256 g/mol. The zero-order valence-electron chi connectivity index (χ0n) is 10.2. The van der Waals surface area contributed by atoms with Crippen molar-refractivity contribution in [3.63, 3.8) is 0 Å². The molecule has 0 unspecified atom stereocenters. The van der Waals surface area contributed by atoms with Crippen molar-refractivity contribution >= 4 is 0 Å². The van der Waals surface area contributed by atoms with Crippen LogP contribution in [0, 0.1) is 6.92 Å². The van der Waals surface area contributed by atoms with Crippen molar-refractivity contribution in [1.29, 1.82) is 0 Å². The van der Waals surface area contributed by atoms with E-state index in [0.717, 1.165) is 0 Å². The molecular weight excluding hydrogens is 240 g/mol. The molecule has 100 valence electrons. The van der Waals surface area contributed by atoms with Gasteiger partial charge in [-0.3, -0.25) is 14.3 Å². The number of hydrogen-bond donors (Lipinski definition) is 3. The Kier molecular flexibility index (Phi) is 3.38. The molecule has 1 aromatic heterocycles. The van der Waals surface area contributed by atoms with Crippen LogP contribution < -0.4 is 11.2 Å². The van der Waals surface area contributed by atoms with Crippen molar-refractivity contribution in [2.75, 3.05) is 0 Å². The van der Waals surface area contributed by atoms with Crippen LogP contribution in [0.15, 0.2) is 15.8 Å². The van der Waals surface area contributed by atoms with E-state index in [9.17, 15) is 19.8 Å². The number of aromatic amines is 1. The second kappa shape index (κ2) is 4.68. The van der Waals surface area contributed by atoms with Crippen molar-refractivity contribution < 1.29 is 14.9 Å². The zero-order chi connectivity index (χ0) is 13.4. The van der Waals surface area contributed by atoms with E-state index in [-0.39, 0.29) is 6.42 Å². The van der Waals surface area contributed by atoms with Crippen LogP contribution in [0.2, 0.25) is 0 Å².